The summed E-state index contributed by atoms with van der Waals surface area (Å²) in [7, 11) is 1.60. The summed E-state index contributed by atoms with van der Waals surface area (Å²) in [5, 5.41) is 2.71. The van der Waals surface area contributed by atoms with Crippen molar-refractivity contribution in [3.63, 3.8) is 0 Å². The normalized spacial score (nSPS) is 17.4. The predicted octanol–water partition coefficient (Wildman–Crippen LogP) is 1.16. The lowest BCUT2D eigenvalue weighted by molar-refractivity contribution is -0.123. The molecule has 0 bridgehead atoms. The van der Waals surface area contributed by atoms with Crippen LogP contribution in [0.1, 0.15) is 30.0 Å². The predicted molar refractivity (Wildman–Crippen MR) is 76.7 cm³/mol. The molecule has 0 saturated carbocycles. The van der Waals surface area contributed by atoms with Crippen LogP contribution in [0.2, 0.25) is 0 Å². The molecule has 1 aromatic rings. The first-order valence-electron chi connectivity index (χ1n) is 6.97. The maximum atomic E-state index is 11.5. The number of fused-ring (bicyclic) bond motifs is 1. The van der Waals surface area contributed by atoms with Crippen LogP contribution in [-0.4, -0.2) is 32.8 Å². The van der Waals surface area contributed by atoms with E-state index in [-0.39, 0.29) is 18.6 Å². The van der Waals surface area contributed by atoms with Gasteiger partial charge in [-0.3, -0.25) is 4.79 Å². The van der Waals surface area contributed by atoms with Crippen LogP contribution >= 0.6 is 0 Å². The van der Waals surface area contributed by atoms with Crippen LogP contribution in [0.4, 0.5) is 0 Å². The van der Waals surface area contributed by atoms with E-state index in [1.165, 1.54) is 5.56 Å². The molecular formula is C15H22N2O3. The van der Waals surface area contributed by atoms with Gasteiger partial charge in [0.15, 0.2) is 6.61 Å². The lowest BCUT2D eigenvalue weighted by Crippen LogP contribution is -2.31. The first-order chi connectivity index (χ1) is 9.70. The van der Waals surface area contributed by atoms with Crippen molar-refractivity contribution in [1.82, 2.24) is 5.32 Å². The number of rotatable bonds is 6. The first-order valence-corrected chi connectivity index (χ1v) is 6.97. The van der Waals surface area contributed by atoms with Crippen LogP contribution in [0, 0.1) is 0 Å². The minimum atomic E-state index is -0.149. The Morgan fingerprint density at radius 2 is 2.35 bits per heavy atom. The monoisotopic (exact) mass is 278 g/mol. The van der Waals surface area contributed by atoms with Gasteiger partial charge >= 0.3 is 0 Å². The highest BCUT2D eigenvalue weighted by atomic mass is 16.5. The van der Waals surface area contributed by atoms with E-state index in [1.54, 1.807) is 7.11 Å². The lowest BCUT2D eigenvalue weighted by Gasteiger charge is -2.22. The zero-order valence-electron chi connectivity index (χ0n) is 11.9. The Labute approximate surface area is 119 Å². The molecule has 5 heteroatoms. The van der Waals surface area contributed by atoms with Gasteiger partial charge < -0.3 is 20.5 Å². The van der Waals surface area contributed by atoms with Gasteiger partial charge in [0.05, 0.1) is 6.61 Å². The zero-order chi connectivity index (χ0) is 14.4. The highest BCUT2D eigenvalue weighted by molar-refractivity contribution is 5.77. The molecule has 1 aliphatic carbocycles. The van der Waals surface area contributed by atoms with E-state index in [0.29, 0.717) is 18.9 Å². The molecule has 0 fully saturated rings. The third-order valence-electron chi connectivity index (χ3n) is 3.48. The fourth-order valence-electron chi connectivity index (χ4n) is 2.40. The number of carbonyl (C=O) groups is 1. The molecule has 20 heavy (non-hydrogen) atoms. The average Bonchev–Trinajstić information content (AvgIpc) is 2.46. The smallest absolute Gasteiger partial charge is 0.258 e. The quantitative estimate of drug-likeness (QED) is 0.766. The van der Waals surface area contributed by atoms with Crippen LogP contribution in [0.15, 0.2) is 18.2 Å². The third-order valence-corrected chi connectivity index (χ3v) is 3.48. The van der Waals surface area contributed by atoms with Crippen LogP contribution in [0.3, 0.4) is 0 Å². The largest absolute Gasteiger partial charge is 0.484 e. The van der Waals surface area contributed by atoms with Crippen LogP contribution in [0.25, 0.3) is 0 Å². The molecular weight excluding hydrogens is 256 g/mol. The van der Waals surface area contributed by atoms with Crippen molar-refractivity contribution in [2.45, 2.75) is 25.3 Å². The van der Waals surface area contributed by atoms with Gasteiger partial charge in [0.1, 0.15) is 5.75 Å². The second-order valence-corrected chi connectivity index (χ2v) is 4.99. The van der Waals surface area contributed by atoms with Crippen molar-refractivity contribution in [3.8, 4) is 5.75 Å². The summed E-state index contributed by atoms with van der Waals surface area (Å²) < 4.78 is 10.4. The SMILES string of the molecule is COCCNC(=O)COc1ccc2c(c1)C(N)CCC2. The zero-order valence-corrected chi connectivity index (χ0v) is 11.9. The molecule has 0 radical (unpaired) electrons. The van der Waals surface area contributed by atoms with Gasteiger partial charge in [-0.1, -0.05) is 6.07 Å². The van der Waals surface area contributed by atoms with E-state index in [1.807, 2.05) is 18.2 Å². The number of hydrogen-bond donors (Lipinski definition) is 2. The van der Waals surface area contributed by atoms with E-state index >= 15 is 0 Å². The highest BCUT2D eigenvalue weighted by Crippen LogP contribution is 2.30. The Kier molecular flexibility index (Phi) is 5.38. The molecule has 0 aromatic heterocycles. The minimum Gasteiger partial charge on any atom is -0.484 e. The maximum Gasteiger partial charge on any atom is 0.258 e. The Morgan fingerprint density at radius 3 is 3.15 bits per heavy atom. The van der Waals surface area contributed by atoms with Gasteiger partial charge in [-0.2, -0.15) is 0 Å². The van der Waals surface area contributed by atoms with E-state index in [4.69, 9.17) is 15.2 Å². The van der Waals surface area contributed by atoms with Gasteiger partial charge in [-0.05, 0) is 42.5 Å². The molecule has 1 amide bonds. The van der Waals surface area contributed by atoms with Crippen molar-refractivity contribution in [2.75, 3.05) is 26.9 Å². The van der Waals surface area contributed by atoms with E-state index in [2.05, 4.69) is 5.32 Å². The third kappa shape index (κ3) is 3.95. The molecule has 1 unspecified atom stereocenters. The Hall–Kier alpha value is -1.59. The highest BCUT2D eigenvalue weighted by Gasteiger charge is 2.17. The lowest BCUT2D eigenvalue weighted by atomic mass is 9.88. The van der Waals surface area contributed by atoms with Crippen molar-refractivity contribution >= 4 is 5.91 Å². The Balaban J connectivity index is 1.87. The van der Waals surface area contributed by atoms with Crippen LogP contribution in [-0.2, 0) is 16.0 Å². The van der Waals surface area contributed by atoms with Crippen LogP contribution in [0.5, 0.6) is 5.75 Å². The number of ether oxygens (including phenoxy) is 2. The van der Waals surface area contributed by atoms with Gasteiger partial charge in [0.25, 0.3) is 5.91 Å². The Bertz CT molecular complexity index is 462. The van der Waals surface area contributed by atoms with E-state index in [9.17, 15) is 4.79 Å². The molecule has 1 aromatic carbocycles. The summed E-state index contributed by atoms with van der Waals surface area (Å²) in [6, 6.07) is 5.99. The molecule has 0 spiro atoms. The van der Waals surface area contributed by atoms with Crippen molar-refractivity contribution in [1.29, 1.82) is 0 Å². The van der Waals surface area contributed by atoms with Gasteiger partial charge in [0, 0.05) is 19.7 Å². The molecule has 3 N–H and O–H groups in total. The van der Waals surface area contributed by atoms with Crippen molar-refractivity contribution in [3.05, 3.63) is 29.3 Å². The van der Waals surface area contributed by atoms with Gasteiger partial charge in [-0.25, -0.2) is 0 Å². The number of nitrogens with one attached hydrogen (secondary N) is 1. The summed E-state index contributed by atoms with van der Waals surface area (Å²) in [5.41, 5.74) is 8.54. The summed E-state index contributed by atoms with van der Waals surface area (Å²) >= 11 is 0. The molecule has 110 valence electrons. The fourth-order valence-corrected chi connectivity index (χ4v) is 2.40. The molecule has 1 aliphatic rings. The second-order valence-electron chi connectivity index (χ2n) is 4.99. The van der Waals surface area contributed by atoms with Gasteiger partial charge in [0.2, 0.25) is 0 Å². The molecule has 0 heterocycles. The summed E-state index contributed by atoms with van der Waals surface area (Å²) in [6.45, 7) is 1.00. The topological polar surface area (TPSA) is 73.6 Å². The summed E-state index contributed by atoms with van der Waals surface area (Å²) in [4.78, 5) is 11.5. The first kappa shape index (κ1) is 14.8. The minimum absolute atomic E-state index is 0.0116. The molecule has 1 atom stereocenters. The molecule has 0 aliphatic heterocycles. The summed E-state index contributed by atoms with van der Waals surface area (Å²) in [5.74, 6) is 0.548. The number of hydrogen-bond acceptors (Lipinski definition) is 4. The van der Waals surface area contributed by atoms with Crippen molar-refractivity contribution < 1.29 is 14.3 Å². The number of aryl methyl sites for hydroxylation is 1. The number of nitrogens with two attached hydrogens (primary N) is 1. The van der Waals surface area contributed by atoms with E-state index in [0.717, 1.165) is 24.8 Å². The fraction of sp³-hybridized carbons (Fsp3) is 0.533. The van der Waals surface area contributed by atoms with Crippen molar-refractivity contribution in [2.24, 2.45) is 5.73 Å². The molecule has 0 saturated heterocycles. The second kappa shape index (κ2) is 7.26. The van der Waals surface area contributed by atoms with E-state index < -0.39 is 0 Å². The number of methoxy groups -OCH3 is 1. The number of benzene rings is 1. The molecule has 5 nitrogen and oxygen atoms in total. The van der Waals surface area contributed by atoms with Crippen LogP contribution < -0.4 is 15.8 Å². The van der Waals surface area contributed by atoms with Gasteiger partial charge in [-0.15, -0.1) is 0 Å². The maximum absolute atomic E-state index is 11.5. The Morgan fingerprint density at radius 1 is 1.50 bits per heavy atom. The standard InChI is InChI=1S/C15H22N2O3/c1-19-8-7-17-15(18)10-20-12-6-5-11-3-2-4-14(16)13(11)9-12/h5-6,9,14H,2-4,7-8,10,16H2,1H3,(H,17,18). The molecule has 2 rings (SSSR count). The number of amides is 1. The number of carbonyl (C=O) groups excluding carboxylic acids is 1. The average molecular weight is 278 g/mol. The summed E-state index contributed by atoms with van der Waals surface area (Å²) in [6.07, 6.45) is 3.21.